The second-order valence-corrected chi connectivity index (χ2v) is 4.27. The molecule has 1 heterocycles. The van der Waals surface area contributed by atoms with Gasteiger partial charge in [-0.2, -0.15) is 0 Å². The second kappa shape index (κ2) is 4.49. The normalized spacial score (nSPS) is 10.5. The molecule has 18 heavy (non-hydrogen) atoms. The van der Waals surface area contributed by atoms with Gasteiger partial charge < -0.3 is 4.42 Å². The summed E-state index contributed by atoms with van der Waals surface area (Å²) in [6, 6.07) is 18.1. The zero-order valence-electron chi connectivity index (χ0n) is 10.1. The molecule has 2 aromatic carbocycles. The van der Waals surface area contributed by atoms with E-state index in [1.165, 1.54) is 5.56 Å². The number of hydrogen-bond acceptors (Lipinski definition) is 2. The van der Waals surface area contributed by atoms with Gasteiger partial charge >= 0.3 is 0 Å². The molecule has 0 unspecified atom stereocenters. The van der Waals surface area contributed by atoms with E-state index in [1.807, 2.05) is 42.5 Å². The van der Waals surface area contributed by atoms with Crippen molar-refractivity contribution < 1.29 is 4.42 Å². The molecule has 0 radical (unpaired) electrons. The van der Waals surface area contributed by atoms with Crippen LogP contribution in [0, 0.1) is 6.92 Å². The standard InChI is InChI=1S/C16H13NO/c1-12-6-5-9-14(10-12)15-11-17-16(18-15)13-7-3-2-4-8-13/h2-11H,1H3. The zero-order valence-corrected chi connectivity index (χ0v) is 10.1. The van der Waals surface area contributed by atoms with E-state index in [0.29, 0.717) is 5.89 Å². The molecule has 3 aromatic rings. The minimum absolute atomic E-state index is 0.659. The number of aryl methyl sites for hydroxylation is 1. The third-order valence-corrected chi connectivity index (χ3v) is 2.83. The van der Waals surface area contributed by atoms with Gasteiger partial charge in [-0.15, -0.1) is 0 Å². The highest BCUT2D eigenvalue weighted by atomic mass is 16.4. The lowest BCUT2D eigenvalue weighted by molar-refractivity contribution is 0.589. The number of hydrogen-bond donors (Lipinski definition) is 0. The highest BCUT2D eigenvalue weighted by Gasteiger charge is 2.07. The first-order valence-electron chi connectivity index (χ1n) is 5.91. The predicted octanol–water partition coefficient (Wildman–Crippen LogP) is 4.32. The van der Waals surface area contributed by atoms with E-state index in [0.717, 1.165) is 16.9 Å². The average Bonchev–Trinajstić information content (AvgIpc) is 2.89. The Hall–Kier alpha value is -2.35. The van der Waals surface area contributed by atoms with Crippen molar-refractivity contribution in [2.24, 2.45) is 0 Å². The fourth-order valence-corrected chi connectivity index (χ4v) is 1.92. The molecule has 0 aliphatic carbocycles. The number of benzene rings is 2. The predicted molar refractivity (Wildman–Crippen MR) is 72.1 cm³/mol. The largest absolute Gasteiger partial charge is 0.436 e. The molecule has 0 amide bonds. The van der Waals surface area contributed by atoms with E-state index in [-0.39, 0.29) is 0 Å². The number of rotatable bonds is 2. The maximum Gasteiger partial charge on any atom is 0.226 e. The summed E-state index contributed by atoms with van der Waals surface area (Å²) in [4.78, 5) is 4.33. The fraction of sp³-hybridized carbons (Fsp3) is 0.0625. The number of nitrogens with zero attached hydrogens (tertiary/aromatic N) is 1. The Morgan fingerprint density at radius 3 is 2.44 bits per heavy atom. The quantitative estimate of drug-likeness (QED) is 0.661. The lowest BCUT2D eigenvalue weighted by atomic mass is 10.1. The number of aromatic nitrogens is 1. The smallest absolute Gasteiger partial charge is 0.226 e. The Morgan fingerprint density at radius 2 is 1.67 bits per heavy atom. The third-order valence-electron chi connectivity index (χ3n) is 2.83. The van der Waals surface area contributed by atoms with E-state index in [2.05, 4.69) is 24.0 Å². The van der Waals surface area contributed by atoms with Crippen LogP contribution < -0.4 is 0 Å². The third kappa shape index (κ3) is 2.05. The summed E-state index contributed by atoms with van der Waals surface area (Å²) in [5, 5.41) is 0. The van der Waals surface area contributed by atoms with Crippen molar-refractivity contribution in [2.45, 2.75) is 6.92 Å². The van der Waals surface area contributed by atoms with Crippen molar-refractivity contribution in [2.75, 3.05) is 0 Å². The molecule has 0 atom stereocenters. The summed E-state index contributed by atoms with van der Waals surface area (Å²) < 4.78 is 5.80. The summed E-state index contributed by atoms with van der Waals surface area (Å²) >= 11 is 0. The first kappa shape index (κ1) is 10.8. The van der Waals surface area contributed by atoms with Crippen molar-refractivity contribution >= 4 is 0 Å². The zero-order chi connectivity index (χ0) is 12.4. The van der Waals surface area contributed by atoms with Gasteiger partial charge in [0.25, 0.3) is 0 Å². The van der Waals surface area contributed by atoms with Gasteiger partial charge in [-0.25, -0.2) is 4.98 Å². The summed E-state index contributed by atoms with van der Waals surface area (Å²) in [7, 11) is 0. The topological polar surface area (TPSA) is 26.0 Å². The van der Waals surface area contributed by atoms with Gasteiger partial charge in [-0.1, -0.05) is 42.0 Å². The van der Waals surface area contributed by atoms with Crippen LogP contribution in [0.4, 0.5) is 0 Å². The Morgan fingerprint density at radius 1 is 0.889 bits per heavy atom. The Balaban J connectivity index is 2.00. The first-order valence-corrected chi connectivity index (χ1v) is 5.91. The minimum Gasteiger partial charge on any atom is -0.436 e. The molecule has 0 saturated carbocycles. The fourth-order valence-electron chi connectivity index (χ4n) is 1.92. The monoisotopic (exact) mass is 235 g/mol. The molecule has 0 saturated heterocycles. The van der Waals surface area contributed by atoms with Crippen LogP contribution in [0.5, 0.6) is 0 Å². The summed E-state index contributed by atoms with van der Waals surface area (Å²) in [5.74, 6) is 1.46. The van der Waals surface area contributed by atoms with E-state index in [9.17, 15) is 0 Å². The molecule has 0 N–H and O–H groups in total. The van der Waals surface area contributed by atoms with Crippen LogP contribution in [0.15, 0.2) is 65.2 Å². The summed E-state index contributed by atoms with van der Waals surface area (Å²) in [6.07, 6.45) is 1.77. The first-order chi connectivity index (χ1) is 8.83. The maximum absolute atomic E-state index is 5.80. The maximum atomic E-state index is 5.80. The van der Waals surface area contributed by atoms with Crippen molar-refractivity contribution in [3.8, 4) is 22.8 Å². The van der Waals surface area contributed by atoms with Gasteiger partial charge in [0.15, 0.2) is 5.76 Å². The number of oxazole rings is 1. The van der Waals surface area contributed by atoms with Crippen molar-refractivity contribution in [3.05, 3.63) is 66.4 Å². The molecular weight excluding hydrogens is 222 g/mol. The molecular formula is C16H13NO. The van der Waals surface area contributed by atoms with Crippen LogP contribution in [0.1, 0.15) is 5.56 Å². The molecule has 0 bridgehead atoms. The molecule has 1 aromatic heterocycles. The molecule has 2 heteroatoms. The van der Waals surface area contributed by atoms with Gasteiger partial charge in [0.1, 0.15) is 0 Å². The van der Waals surface area contributed by atoms with Crippen molar-refractivity contribution in [1.29, 1.82) is 0 Å². The van der Waals surface area contributed by atoms with Crippen LogP contribution in [0.2, 0.25) is 0 Å². The van der Waals surface area contributed by atoms with Gasteiger partial charge in [-0.05, 0) is 25.1 Å². The minimum atomic E-state index is 0.659. The van der Waals surface area contributed by atoms with Gasteiger partial charge in [0, 0.05) is 11.1 Å². The van der Waals surface area contributed by atoms with Gasteiger partial charge in [0.2, 0.25) is 5.89 Å². The van der Waals surface area contributed by atoms with Crippen LogP contribution in [0.25, 0.3) is 22.8 Å². The van der Waals surface area contributed by atoms with Gasteiger partial charge in [-0.3, -0.25) is 0 Å². The summed E-state index contributed by atoms with van der Waals surface area (Å²) in [6.45, 7) is 2.07. The Bertz CT molecular complexity index is 656. The molecule has 0 aliphatic rings. The van der Waals surface area contributed by atoms with Gasteiger partial charge in [0.05, 0.1) is 6.20 Å². The van der Waals surface area contributed by atoms with E-state index in [1.54, 1.807) is 6.20 Å². The van der Waals surface area contributed by atoms with E-state index in [4.69, 9.17) is 4.42 Å². The van der Waals surface area contributed by atoms with Crippen LogP contribution in [0.3, 0.4) is 0 Å². The Labute approximate surface area is 106 Å². The Kier molecular flexibility index (Phi) is 2.69. The van der Waals surface area contributed by atoms with Crippen LogP contribution in [-0.4, -0.2) is 4.98 Å². The van der Waals surface area contributed by atoms with Crippen molar-refractivity contribution in [1.82, 2.24) is 4.98 Å². The summed E-state index contributed by atoms with van der Waals surface area (Å²) in [5.41, 5.74) is 3.27. The van der Waals surface area contributed by atoms with Crippen LogP contribution >= 0.6 is 0 Å². The molecule has 3 rings (SSSR count). The highest BCUT2D eigenvalue weighted by molar-refractivity contribution is 5.61. The van der Waals surface area contributed by atoms with E-state index < -0.39 is 0 Å². The SMILES string of the molecule is Cc1cccc(-c2cnc(-c3ccccc3)o2)c1. The molecule has 0 aliphatic heterocycles. The highest BCUT2D eigenvalue weighted by Crippen LogP contribution is 2.26. The molecule has 0 fully saturated rings. The lowest BCUT2D eigenvalue weighted by Crippen LogP contribution is -1.75. The lowest BCUT2D eigenvalue weighted by Gasteiger charge is -1.98. The van der Waals surface area contributed by atoms with Crippen LogP contribution in [-0.2, 0) is 0 Å². The average molecular weight is 235 g/mol. The van der Waals surface area contributed by atoms with Crippen molar-refractivity contribution in [3.63, 3.8) is 0 Å². The molecule has 2 nitrogen and oxygen atoms in total. The molecule has 88 valence electrons. The molecule has 0 spiro atoms. The van der Waals surface area contributed by atoms with E-state index >= 15 is 0 Å². The second-order valence-electron chi connectivity index (χ2n) is 4.27.